The van der Waals surface area contributed by atoms with Gasteiger partial charge in [0.05, 0.1) is 7.11 Å². The fourth-order valence-corrected chi connectivity index (χ4v) is 3.33. The normalized spacial score (nSPS) is 11.0. The minimum atomic E-state index is 0.892. The van der Waals surface area contributed by atoms with Gasteiger partial charge in [0.15, 0.2) is 0 Å². The monoisotopic (exact) mass is 290 g/mol. The van der Waals surface area contributed by atoms with Crippen molar-refractivity contribution in [3.05, 3.63) is 51.7 Å². The molecular formula is C16H22N2OS. The molecule has 1 heterocycles. The van der Waals surface area contributed by atoms with Crippen LogP contribution in [0.4, 0.5) is 0 Å². The first kappa shape index (κ1) is 15.0. The van der Waals surface area contributed by atoms with Gasteiger partial charge in [-0.2, -0.15) is 0 Å². The molecule has 0 radical (unpaired) electrons. The average Bonchev–Trinajstić information content (AvgIpc) is 2.87. The van der Waals surface area contributed by atoms with Crippen LogP contribution in [0.25, 0.3) is 0 Å². The number of hydrogen-bond donors (Lipinski definition) is 1. The molecule has 1 N–H and O–H groups in total. The minimum Gasteiger partial charge on any atom is -0.496 e. The van der Waals surface area contributed by atoms with Crippen LogP contribution in [-0.2, 0) is 19.6 Å². The summed E-state index contributed by atoms with van der Waals surface area (Å²) in [4.78, 5) is 5.09. The largest absolute Gasteiger partial charge is 0.496 e. The smallest absolute Gasteiger partial charge is 0.123 e. The highest BCUT2D eigenvalue weighted by molar-refractivity contribution is 7.11. The van der Waals surface area contributed by atoms with E-state index in [2.05, 4.69) is 41.5 Å². The first-order chi connectivity index (χ1) is 9.72. The van der Waals surface area contributed by atoms with E-state index in [1.807, 2.05) is 30.5 Å². The summed E-state index contributed by atoms with van der Waals surface area (Å²) in [7, 11) is 5.85. The van der Waals surface area contributed by atoms with Crippen molar-refractivity contribution in [1.82, 2.24) is 10.2 Å². The maximum absolute atomic E-state index is 5.40. The van der Waals surface area contributed by atoms with Crippen LogP contribution in [0, 0.1) is 0 Å². The first-order valence-corrected chi connectivity index (χ1v) is 7.57. The molecular weight excluding hydrogens is 268 g/mol. The molecule has 0 amide bonds. The predicted molar refractivity (Wildman–Crippen MR) is 85.2 cm³/mol. The van der Waals surface area contributed by atoms with Gasteiger partial charge in [-0.25, -0.2) is 0 Å². The van der Waals surface area contributed by atoms with Crippen LogP contribution in [0.3, 0.4) is 0 Å². The van der Waals surface area contributed by atoms with Crippen molar-refractivity contribution >= 4 is 11.3 Å². The molecule has 2 aromatic rings. The number of ether oxygens (including phenoxy) is 1. The van der Waals surface area contributed by atoms with Gasteiger partial charge in [-0.15, -0.1) is 11.3 Å². The molecule has 0 unspecified atom stereocenters. The molecule has 1 aromatic carbocycles. The van der Waals surface area contributed by atoms with Gasteiger partial charge in [0.25, 0.3) is 0 Å². The maximum atomic E-state index is 5.40. The Morgan fingerprint density at radius 2 is 1.85 bits per heavy atom. The second-order valence-corrected chi connectivity index (χ2v) is 6.14. The Balaban J connectivity index is 1.95. The first-order valence-electron chi connectivity index (χ1n) is 6.75. The summed E-state index contributed by atoms with van der Waals surface area (Å²) in [6.07, 6.45) is 0. The summed E-state index contributed by atoms with van der Waals surface area (Å²) in [5.41, 5.74) is 1.23. The third-order valence-electron chi connectivity index (χ3n) is 3.13. The molecule has 4 heteroatoms. The topological polar surface area (TPSA) is 24.5 Å². The Morgan fingerprint density at radius 3 is 2.60 bits per heavy atom. The second-order valence-electron chi connectivity index (χ2n) is 4.88. The van der Waals surface area contributed by atoms with Crippen molar-refractivity contribution in [3.63, 3.8) is 0 Å². The van der Waals surface area contributed by atoms with Crippen molar-refractivity contribution in [3.8, 4) is 5.75 Å². The van der Waals surface area contributed by atoms with Gasteiger partial charge in [-0.1, -0.05) is 18.2 Å². The van der Waals surface area contributed by atoms with Crippen LogP contribution < -0.4 is 10.1 Å². The van der Waals surface area contributed by atoms with E-state index in [4.69, 9.17) is 4.74 Å². The summed E-state index contributed by atoms with van der Waals surface area (Å²) in [6, 6.07) is 12.6. The van der Waals surface area contributed by atoms with E-state index in [0.717, 1.165) is 25.4 Å². The van der Waals surface area contributed by atoms with Crippen LogP contribution in [0.5, 0.6) is 5.75 Å². The molecule has 20 heavy (non-hydrogen) atoms. The Bertz CT molecular complexity index is 539. The predicted octanol–water partition coefficient (Wildman–Crippen LogP) is 3.11. The lowest BCUT2D eigenvalue weighted by Crippen LogP contribution is -2.17. The quantitative estimate of drug-likeness (QED) is 0.848. The zero-order valence-electron chi connectivity index (χ0n) is 12.3. The molecule has 0 bridgehead atoms. The zero-order valence-corrected chi connectivity index (χ0v) is 13.2. The van der Waals surface area contributed by atoms with Gasteiger partial charge < -0.3 is 10.1 Å². The lowest BCUT2D eigenvalue weighted by atomic mass is 10.2. The molecule has 1 aromatic heterocycles. The summed E-state index contributed by atoms with van der Waals surface area (Å²) in [5, 5.41) is 3.19. The zero-order chi connectivity index (χ0) is 14.4. The van der Waals surface area contributed by atoms with Crippen molar-refractivity contribution < 1.29 is 4.74 Å². The van der Waals surface area contributed by atoms with E-state index in [1.54, 1.807) is 7.11 Å². The molecule has 0 aliphatic heterocycles. The van der Waals surface area contributed by atoms with Crippen molar-refractivity contribution in [2.24, 2.45) is 0 Å². The van der Waals surface area contributed by atoms with E-state index < -0.39 is 0 Å². The van der Waals surface area contributed by atoms with Crippen LogP contribution in [0.2, 0.25) is 0 Å². The lowest BCUT2D eigenvalue weighted by Gasteiger charge is -2.17. The number of methoxy groups -OCH3 is 1. The fraction of sp³-hybridized carbons (Fsp3) is 0.375. The number of thiophene rings is 1. The fourth-order valence-electron chi connectivity index (χ4n) is 2.22. The molecule has 0 aliphatic rings. The van der Waals surface area contributed by atoms with E-state index in [0.29, 0.717) is 0 Å². The van der Waals surface area contributed by atoms with Crippen LogP contribution in [0.1, 0.15) is 15.3 Å². The average molecular weight is 290 g/mol. The lowest BCUT2D eigenvalue weighted by molar-refractivity contribution is 0.312. The van der Waals surface area contributed by atoms with Crippen LogP contribution in [0.15, 0.2) is 36.4 Å². The molecule has 0 spiro atoms. The number of para-hydroxylation sites is 1. The molecule has 0 fully saturated rings. The van der Waals surface area contributed by atoms with Crippen LogP contribution >= 0.6 is 11.3 Å². The number of nitrogens with one attached hydrogen (secondary N) is 1. The van der Waals surface area contributed by atoms with Gasteiger partial charge in [-0.3, -0.25) is 4.90 Å². The number of benzene rings is 1. The third kappa shape index (κ3) is 4.07. The Hall–Kier alpha value is -1.36. The maximum Gasteiger partial charge on any atom is 0.123 e. The minimum absolute atomic E-state index is 0.892. The summed E-state index contributed by atoms with van der Waals surface area (Å²) in [6.45, 7) is 2.80. The highest BCUT2D eigenvalue weighted by Gasteiger charge is 2.07. The number of rotatable bonds is 7. The second kappa shape index (κ2) is 7.43. The van der Waals surface area contributed by atoms with E-state index in [1.165, 1.54) is 15.3 Å². The Labute approximate surface area is 125 Å². The van der Waals surface area contributed by atoms with Crippen LogP contribution in [-0.4, -0.2) is 26.1 Å². The molecule has 0 saturated carbocycles. The van der Waals surface area contributed by atoms with E-state index >= 15 is 0 Å². The van der Waals surface area contributed by atoms with E-state index in [-0.39, 0.29) is 0 Å². The third-order valence-corrected chi connectivity index (χ3v) is 4.20. The summed E-state index contributed by atoms with van der Waals surface area (Å²) < 4.78 is 5.40. The Morgan fingerprint density at radius 1 is 1.10 bits per heavy atom. The summed E-state index contributed by atoms with van der Waals surface area (Å²) in [5.74, 6) is 0.960. The molecule has 108 valence electrons. The van der Waals surface area contributed by atoms with Gasteiger partial charge in [-0.05, 0) is 32.3 Å². The number of nitrogens with zero attached hydrogens (tertiary/aromatic N) is 1. The standard InChI is InChI=1S/C16H22N2OS/c1-17-10-14-8-9-15(20-14)12-18(2)11-13-6-4-5-7-16(13)19-3/h4-9,17H,10-12H2,1-3H3. The highest BCUT2D eigenvalue weighted by Crippen LogP contribution is 2.22. The Kier molecular flexibility index (Phi) is 5.59. The van der Waals surface area contributed by atoms with Gasteiger partial charge >= 0.3 is 0 Å². The van der Waals surface area contributed by atoms with Gasteiger partial charge in [0.1, 0.15) is 5.75 Å². The van der Waals surface area contributed by atoms with Crippen molar-refractivity contribution in [1.29, 1.82) is 0 Å². The van der Waals surface area contributed by atoms with Gasteiger partial charge in [0, 0.05) is 35.0 Å². The molecule has 0 aliphatic carbocycles. The molecule has 2 rings (SSSR count). The molecule has 0 atom stereocenters. The van der Waals surface area contributed by atoms with Crippen molar-refractivity contribution in [2.45, 2.75) is 19.6 Å². The van der Waals surface area contributed by atoms with Gasteiger partial charge in [0.2, 0.25) is 0 Å². The molecule has 3 nitrogen and oxygen atoms in total. The van der Waals surface area contributed by atoms with E-state index in [9.17, 15) is 0 Å². The molecule has 0 saturated heterocycles. The number of hydrogen-bond acceptors (Lipinski definition) is 4. The highest BCUT2D eigenvalue weighted by atomic mass is 32.1. The summed E-state index contributed by atoms with van der Waals surface area (Å²) >= 11 is 1.87. The SMILES string of the molecule is CNCc1ccc(CN(C)Cc2ccccc2OC)s1. The van der Waals surface area contributed by atoms with Crippen molar-refractivity contribution in [2.75, 3.05) is 21.2 Å².